The number of carboxylic acids is 1. The quantitative estimate of drug-likeness (QED) is 0.847. The Bertz CT molecular complexity index is 638. The molecule has 0 aliphatic carbocycles. The number of ether oxygens (including phenoxy) is 1. The van der Waals surface area contributed by atoms with E-state index >= 15 is 0 Å². The Morgan fingerprint density at radius 3 is 2.70 bits per heavy atom. The van der Waals surface area contributed by atoms with E-state index in [-0.39, 0.29) is 11.3 Å². The van der Waals surface area contributed by atoms with Crippen molar-refractivity contribution in [1.82, 2.24) is 4.57 Å². The molecular weight excluding hydrogens is 262 g/mol. The van der Waals surface area contributed by atoms with E-state index in [1.807, 2.05) is 6.92 Å². The monoisotopic (exact) mass is 277 g/mol. The van der Waals surface area contributed by atoms with E-state index < -0.39 is 11.9 Å². The fourth-order valence-corrected chi connectivity index (χ4v) is 2.08. The molecule has 0 aliphatic heterocycles. The molecule has 2 aromatic rings. The van der Waals surface area contributed by atoms with Crippen molar-refractivity contribution in [1.29, 1.82) is 0 Å². The molecular formula is C14H15NO5. The first-order chi connectivity index (χ1) is 9.56. The average Bonchev–Trinajstić information content (AvgIpc) is 3.04. The van der Waals surface area contributed by atoms with Crippen molar-refractivity contribution in [3.05, 3.63) is 47.2 Å². The molecule has 6 heteroatoms. The summed E-state index contributed by atoms with van der Waals surface area (Å²) in [6.07, 6.45) is 2.29. The summed E-state index contributed by atoms with van der Waals surface area (Å²) in [5.41, 5.74) is 1.00. The van der Waals surface area contributed by atoms with Crippen LogP contribution in [0.5, 0.6) is 0 Å². The Morgan fingerprint density at radius 2 is 2.10 bits per heavy atom. The third-order valence-electron chi connectivity index (χ3n) is 3.02. The van der Waals surface area contributed by atoms with Gasteiger partial charge in [0.2, 0.25) is 5.76 Å². The van der Waals surface area contributed by atoms with Crippen LogP contribution in [0.3, 0.4) is 0 Å². The number of carbonyl (C=O) groups is 2. The number of methoxy groups -OCH3 is 1. The van der Waals surface area contributed by atoms with Gasteiger partial charge in [-0.1, -0.05) is 6.92 Å². The summed E-state index contributed by atoms with van der Waals surface area (Å²) in [6, 6.07) is 4.77. The minimum Gasteiger partial charge on any atom is -0.478 e. The number of carbonyl (C=O) groups excluding carboxylic acids is 1. The van der Waals surface area contributed by atoms with E-state index in [0.717, 1.165) is 0 Å². The molecule has 0 bridgehead atoms. The lowest BCUT2D eigenvalue weighted by Crippen LogP contribution is -2.06. The SMILES string of the molecule is CCc1c(C(=O)O)ccn1Cc1ccc(C(=O)OC)o1. The topological polar surface area (TPSA) is 81.7 Å². The molecule has 1 N–H and O–H groups in total. The second kappa shape index (κ2) is 5.64. The molecule has 0 radical (unpaired) electrons. The molecule has 0 unspecified atom stereocenters. The molecule has 2 aromatic heterocycles. The molecule has 0 atom stereocenters. The minimum atomic E-state index is -0.949. The maximum atomic E-state index is 11.3. The number of nitrogens with zero attached hydrogens (tertiary/aromatic N) is 1. The maximum absolute atomic E-state index is 11.3. The zero-order valence-electron chi connectivity index (χ0n) is 11.3. The van der Waals surface area contributed by atoms with Gasteiger partial charge >= 0.3 is 11.9 Å². The Balaban J connectivity index is 2.24. The van der Waals surface area contributed by atoms with Gasteiger partial charge in [0.05, 0.1) is 19.2 Å². The van der Waals surface area contributed by atoms with Gasteiger partial charge in [-0.25, -0.2) is 9.59 Å². The second-order valence-corrected chi connectivity index (χ2v) is 4.22. The fourth-order valence-electron chi connectivity index (χ4n) is 2.08. The van der Waals surface area contributed by atoms with Crippen molar-refractivity contribution in [3.8, 4) is 0 Å². The second-order valence-electron chi connectivity index (χ2n) is 4.22. The Morgan fingerprint density at radius 1 is 1.35 bits per heavy atom. The predicted octanol–water partition coefficient (Wildman–Crippen LogP) is 2.18. The summed E-state index contributed by atoms with van der Waals surface area (Å²) in [6.45, 7) is 2.26. The smallest absolute Gasteiger partial charge is 0.373 e. The summed E-state index contributed by atoms with van der Waals surface area (Å²) in [5.74, 6) is -0.792. The van der Waals surface area contributed by atoms with Crippen LogP contribution in [-0.4, -0.2) is 28.7 Å². The predicted molar refractivity (Wildman–Crippen MR) is 69.9 cm³/mol. The van der Waals surface area contributed by atoms with Crippen LogP contribution in [0.25, 0.3) is 0 Å². The summed E-state index contributed by atoms with van der Waals surface area (Å²) < 4.78 is 11.7. The first-order valence-corrected chi connectivity index (χ1v) is 6.15. The van der Waals surface area contributed by atoms with E-state index in [0.29, 0.717) is 24.4 Å². The van der Waals surface area contributed by atoms with Gasteiger partial charge in [0.1, 0.15) is 5.76 Å². The molecule has 0 aromatic carbocycles. The Labute approximate surface area is 115 Å². The van der Waals surface area contributed by atoms with Crippen molar-refractivity contribution in [2.75, 3.05) is 7.11 Å². The molecule has 106 valence electrons. The summed E-state index contributed by atoms with van der Waals surface area (Å²) in [5, 5.41) is 9.09. The minimum absolute atomic E-state index is 0.131. The number of furan rings is 1. The highest BCUT2D eigenvalue weighted by Crippen LogP contribution is 2.16. The normalized spacial score (nSPS) is 10.5. The van der Waals surface area contributed by atoms with Gasteiger partial charge in [-0.05, 0) is 24.6 Å². The highest BCUT2D eigenvalue weighted by atomic mass is 16.5. The molecule has 20 heavy (non-hydrogen) atoms. The van der Waals surface area contributed by atoms with Crippen molar-refractivity contribution >= 4 is 11.9 Å². The van der Waals surface area contributed by atoms with Gasteiger partial charge in [0.15, 0.2) is 0 Å². The van der Waals surface area contributed by atoms with Crippen LogP contribution in [0.4, 0.5) is 0 Å². The standard InChI is InChI=1S/C14H15NO5/c1-3-11-10(13(16)17)6-7-15(11)8-9-4-5-12(20-9)14(18)19-2/h4-7H,3,8H2,1-2H3,(H,16,17). The molecule has 0 aliphatic rings. The highest BCUT2D eigenvalue weighted by molar-refractivity contribution is 5.89. The highest BCUT2D eigenvalue weighted by Gasteiger charge is 2.16. The van der Waals surface area contributed by atoms with E-state index in [2.05, 4.69) is 4.74 Å². The third kappa shape index (κ3) is 2.59. The zero-order chi connectivity index (χ0) is 14.7. The summed E-state index contributed by atoms with van der Waals surface area (Å²) in [4.78, 5) is 22.4. The van der Waals surface area contributed by atoms with Crippen molar-refractivity contribution < 1.29 is 23.8 Å². The zero-order valence-corrected chi connectivity index (χ0v) is 11.3. The fraction of sp³-hybridized carbons (Fsp3) is 0.286. The molecule has 0 amide bonds. The number of carboxylic acid groups (broad SMARTS) is 1. The lowest BCUT2D eigenvalue weighted by Gasteiger charge is -2.06. The van der Waals surface area contributed by atoms with Crippen LogP contribution in [-0.2, 0) is 17.7 Å². The van der Waals surface area contributed by atoms with Gasteiger partial charge < -0.3 is 18.8 Å². The van der Waals surface area contributed by atoms with E-state index in [4.69, 9.17) is 9.52 Å². The van der Waals surface area contributed by atoms with Crippen LogP contribution in [0.15, 0.2) is 28.8 Å². The van der Waals surface area contributed by atoms with Gasteiger partial charge in [0, 0.05) is 11.9 Å². The number of rotatable bonds is 5. The lowest BCUT2D eigenvalue weighted by atomic mass is 10.2. The molecule has 0 spiro atoms. The van der Waals surface area contributed by atoms with Gasteiger partial charge in [-0.2, -0.15) is 0 Å². The van der Waals surface area contributed by atoms with E-state index in [9.17, 15) is 9.59 Å². The number of aromatic carboxylic acids is 1. The molecule has 6 nitrogen and oxygen atoms in total. The van der Waals surface area contributed by atoms with Crippen LogP contribution in [0, 0.1) is 0 Å². The largest absolute Gasteiger partial charge is 0.478 e. The number of aromatic nitrogens is 1. The van der Waals surface area contributed by atoms with Gasteiger partial charge in [-0.15, -0.1) is 0 Å². The van der Waals surface area contributed by atoms with Crippen molar-refractivity contribution in [2.24, 2.45) is 0 Å². The van der Waals surface area contributed by atoms with Crippen LogP contribution >= 0.6 is 0 Å². The number of esters is 1. The van der Waals surface area contributed by atoms with E-state index in [1.54, 1.807) is 22.9 Å². The Hall–Kier alpha value is -2.50. The summed E-state index contributed by atoms with van der Waals surface area (Å²) >= 11 is 0. The molecule has 0 saturated heterocycles. The van der Waals surface area contributed by atoms with Crippen LogP contribution in [0.2, 0.25) is 0 Å². The number of hydrogen-bond acceptors (Lipinski definition) is 4. The van der Waals surface area contributed by atoms with Crippen molar-refractivity contribution in [2.45, 2.75) is 19.9 Å². The first kappa shape index (κ1) is 13.9. The summed E-state index contributed by atoms with van der Waals surface area (Å²) in [7, 11) is 1.28. The average molecular weight is 277 g/mol. The third-order valence-corrected chi connectivity index (χ3v) is 3.02. The molecule has 2 heterocycles. The van der Waals surface area contributed by atoms with Crippen LogP contribution in [0.1, 0.15) is 39.3 Å². The molecule has 2 rings (SSSR count). The van der Waals surface area contributed by atoms with Gasteiger partial charge in [0.25, 0.3) is 0 Å². The Kier molecular flexibility index (Phi) is 3.93. The molecule has 0 saturated carbocycles. The molecule has 0 fully saturated rings. The van der Waals surface area contributed by atoms with E-state index in [1.165, 1.54) is 13.2 Å². The lowest BCUT2D eigenvalue weighted by molar-refractivity contribution is 0.0562. The van der Waals surface area contributed by atoms with Crippen LogP contribution < -0.4 is 0 Å². The number of hydrogen-bond donors (Lipinski definition) is 1. The van der Waals surface area contributed by atoms with Gasteiger partial charge in [-0.3, -0.25) is 0 Å². The van der Waals surface area contributed by atoms with Crippen molar-refractivity contribution in [3.63, 3.8) is 0 Å². The maximum Gasteiger partial charge on any atom is 0.373 e. The first-order valence-electron chi connectivity index (χ1n) is 6.15.